The van der Waals surface area contributed by atoms with Crippen LogP contribution in [0.25, 0.3) is 10.9 Å². The van der Waals surface area contributed by atoms with Crippen molar-refractivity contribution in [2.75, 3.05) is 6.61 Å². The summed E-state index contributed by atoms with van der Waals surface area (Å²) in [7, 11) is 0. The standard InChI is InChI=1S/C12H12ClNO/c13-8-1-2-11-9(5-8)10(6-14-11)12(7-15)3-4-12/h1-2,5-6,14-15H,3-4,7H2. The van der Waals surface area contributed by atoms with Gasteiger partial charge in [-0.3, -0.25) is 0 Å². The third-order valence-electron chi connectivity index (χ3n) is 3.37. The van der Waals surface area contributed by atoms with E-state index in [1.807, 2.05) is 24.4 Å². The minimum absolute atomic E-state index is 0.00291. The number of H-pyrrole nitrogens is 1. The van der Waals surface area contributed by atoms with Crippen molar-refractivity contribution in [1.29, 1.82) is 0 Å². The highest BCUT2D eigenvalue weighted by Crippen LogP contribution is 2.50. The Morgan fingerprint density at radius 1 is 1.40 bits per heavy atom. The first kappa shape index (κ1) is 9.25. The number of aliphatic hydroxyl groups is 1. The second kappa shape index (κ2) is 3.00. The quantitative estimate of drug-likeness (QED) is 0.804. The molecule has 0 bridgehead atoms. The van der Waals surface area contributed by atoms with Gasteiger partial charge < -0.3 is 10.1 Å². The SMILES string of the molecule is OCC1(c2c[nH]c3ccc(Cl)cc23)CC1. The van der Waals surface area contributed by atoms with E-state index in [2.05, 4.69) is 4.98 Å². The smallest absolute Gasteiger partial charge is 0.0528 e. The van der Waals surface area contributed by atoms with Crippen LogP contribution in [0.5, 0.6) is 0 Å². The first-order chi connectivity index (χ1) is 7.25. The van der Waals surface area contributed by atoms with Crippen LogP contribution in [0, 0.1) is 0 Å². The summed E-state index contributed by atoms with van der Waals surface area (Å²) < 4.78 is 0. The van der Waals surface area contributed by atoms with Gasteiger partial charge in [-0.05, 0) is 36.6 Å². The molecule has 3 rings (SSSR count). The Balaban J connectivity index is 2.23. The molecule has 78 valence electrons. The summed E-state index contributed by atoms with van der Waals surface area (Å²) in [5.74, 6) is 0. The third kappa shape index (κ3) is 1.29. The first-order valence-corrected chi connectivity index (χ1v) is 5.51. The molecular formula is C12H12ClNO. The predicted octanol–water partition coefficient (Wildman–Crippen LogP) is 2.85. The van der Waals surface area contributed by atoms with Crippen LogP contribution in [0.4, 0.5) is 0 Å². The molecule has 0 unspecified atom stereocenters. The number of hydrogen-bond donors (Lipinski definition) is 2. The molecule has 1 aliphatic rings. The maximum atomic E-state index is 9.41. The van der Waals surface area contributed by atoms with E-state index in [9.17, 15) is 5.11 Å². The fourth-order valence-corrected chi connectivity index (χ4v) is 2.37. The van der Waals surface area contributed by atoms with Gasteiger partial charge in [0.05, 0.1) is 6.61 Å². The van der Waals surface area contributed by atoms with Gasteiger partial charge >= 0.3 is 0 Å². The Bertz CT molecular complexity index is 513. The summed E-state index contributed by atoms with van der Waals surface area (Å²) in [4.78, 5) is 3.23. The fraction of sp³-hybridized carbons (Fsp3) is 0.333. The van der Waals surface area contributed by atoms with Crippen molar-refractivity contribution in [3.05, 3.63) is 35.0 Å². The molecule has 15 heavy (non-hydrogen) atoms. The fourth-order valence-electron chi connectivity index (χ4n) is 2.20. The highest BCUT2D eigenvalue weighted by atomic mass is 35.5. The van der Waals surface area contributed by atoms with Crippen LogP contribution in [0.3, 0.4) is 0 Å². The third-order valence-corrected chi connectivity index (χ3v) is 3.61. The van der Waals surface area contributed by atoms with Crippen molar-refractivity contribution in [3.8, 4) is 0 Å². The molecule has 1 aromatic carbocycles. The molecule has 1 aromatic heterocycles. The lowest BCUT2D eigenvalue weighted by atomic mass is 9.96. The molecule has 0 radical (unpaired) electrons. The predicted molar refractivity (Wildman–Crippen MR) is 61.3 cm³/mol. The van der Waals surface area contributed by atoms with Crippen molar-refractivity contribution in [2.45, 2.75) is 18.3 Å². The van der Waals surface area contributed by atoms with Crippen molar-refractivity contribution >= 4 is 22.5 Å². The van der Waals surface area contributed by atoms with E-state index >= 15 is 0 Å². The number of benzene rings is 1. The van der Waals surface area contributed by atoms with Crippen LogP contribution in [0.1, 0.15) is 18.4 Å². The number of nitrogens with one attached hydrogen (secondary N) is 1. The number of halogens is 1. The maximum Gasteiger partial charge on any atom is 0.0528 e. The molecule has 1 aliphatic carbocycles. The molecule has 0 aliphatic heterocycles. The van der Waals surface area contributed by atoms with Gasteiger partial charge in [0.15, 0.2) is 0 Å². The molecule has 2 nitrogen and oxygen atoms in total. The van der Waals surface area contributed by atoms with Gasteiger partial charge in [0, 0.05) is 27.5 Å². The van der Waals surface area contributed by atoms with Crippen LogP contribution in [0.2, 0.25) is 5.02 Å². The van der Waals surface area contributed by atoms with Crippen molar-refractivity contribution in [2.24, 2.45) is 0 Å². The van der Waals surface area contributed by atoms with Crippen molar-refractivity contribution in [1.82, 2.24) is 4.98 Å². The van der Waals surface area contributed by atoms with Gasteiger partial charge in [0.25, 0.3) is 0 Å². The van der Waals surface area contributed by atoms with Crippen LogP contribution in [0.15, 0.2) is 24.4 Å². The summed E-state index contributed by atoms with van der Waals surface area (Å²) in [6.07, 6.45) is 4.15. The second-order valence-corrected chi connectivity index (χ2v) is 4.77. The van der Waals surface area contributed by atoms with Gasteiger partial charge in [-0.25, -0.2) is 0 Å². The highest BCUT2D eigenvalue weighted by molar-refractivity contribution is 6.31. The van der Waals surface area contributed by atoms with Gasteiger partial charge in [0.1, 0.15) is 0 Å². The topological polar surface area (TPSA) is 36.0 Å². The minimum atomic E-state index is 0.00291. The highest BCUT2D eigenvalue weighted by Gasteiger charge is 2.45. The Morgan fingerprint density at radius 2 is 2.20 bits per heavy atom. The Kier molecular flexibility index (Phi) is 1.85. The first-order valence-electron chi connectivity index (χ1n) is 5.13. The zero-order valence-electron chi connectivity index (χ0n) is 8.26. The average molecular weight is 222 g/mol. The van der Waals surface area contributed by atoms with Crippen LogP contribution in [-0.2, 0) is 5.41 Å². The lowest BCUT2D eigenvalue weighted by Gasteiger charge is -2.09. The van der Waals surface area contributed by atoms with E-state index < -0.39 is 0 Å². The summed E-state index contributed by atoms with van der Waals surface area (Å²) in [5, 5.41) is 11.3. The summed E-state index contributed by atoms with van der Waals surface area (Å²) >= 11 is 5.98. The van der Waals surface area contributed by atoms with E-state index in [0.29, 0.717) is 0 Å². The lowest BCUT2D eigenvalue weighted by Crippen LogP contribution is -2.10. The molecular weight excluding hydrogens is 210 g/mol. The summed E-state index contributed by atoms with van der Waals surface area (Å²) in [6.45, 7) is 0.229. The van der Waals surface area contributed by atoms with Crippen LogP contribution in [-0.4, -0.2) is 16.7 Å². The molecule has 1 heterocycles. The van der Waals surface area contributed by atoms with Crippen molar-refractivity contribution in [3.63, 3.8) is 0 Å². The molecule has 0 spiro atoms. The van der Waals surface area contributed by atoms with Gasteiger partial charge in [-0.2, -0.15) is 0 Å². The Morgan fingerprint density at radius 3 is 2.87 bits per heavy atom. The molecule has 3 heteroatoms. The largest absolute Gasteiger partial charge is 0.395 e. The van der Waals surface area contributed by atoms with Gasteiger partial charge in [-0.1, -0.05) is 11.6 Å². The number of aliphatic hydroxyl groups excluding tert-OH is 1. The minimum Gasteiger partial charge on any atom is -0.395 e. The van der Waals surface area contributed by atoms with E-state index in [-0.39, 0.29) is 12.0 Å². The molecule has 0 saturated heterocycles. The average Bonchev–Trinajstić information content (AvgIpc) is 2.93. The molecule has 1 saturated carbocycles. The zero-order valence-corrected chi connectivity index (χ0v) is 9.01. The lowest BCUT2D eigenvalue weighted by molar-refractivity contribution is 0.256. The monoisotopic (exact) mass is 221 g/mol. The van der Waals surface area contributed by atoms with Crippen LogP contribution >= 0.6 is 11.6 Å². The zero-order chi connectivity index (χ0) is 10.5. The normalized spacial score (nSPS) is 18.3. The number of fused-ring (bicyclic) bond motifs is 1. The summed E-state index contributed by atoms with van der Waals surface area (Å²) in [6, 6.07) is 5.83. The number of aromatic nitrogens is 1. The van der Waals surface area contributed by atoms with E-state index in [1.54, 1.807) is 0 Å². The Labute approximate surface area is 92.9 Å². The number of hydrogen-bond acceptors (Lipinski definition) is 1. The number of rotatable bonds is 2. The molecule has 2 aromatic rings. The molecule has 2 N–H and O–H groups in total. The molecule has 0 atom stereocenters. The maximum absolute atomic E-state index is 9.41. The van der Waals surface area contributed by atoms with E-state index in [4.69, 9.17) is 11.6 Å². The second-order valence-electron chi connectivity index (χ2n) is 4.33. The molecule has 0 amide bonds. The molecule has 1 fully saturated rings. The van der Waals surface area contributed by atoms with Crippen LogP contribution < -0.4 is 0 Å². The van der Waals surface area contributed by atoms with Gasteiger partial charge in [0.2, 0.25) is 0 Å². The van der Waals surface area contributed by atoms with Gasteiger partial charge in [-0.15, -0.1) is 0 Å². The summed E-state index contributed by atoms with van der Waals surface area (Å²) in [5.41, 5.74) is 2.31. The Hall–Kier alpha value is -0.990. The number of aromatic amines is 1. The van der Waals surface area contributed by atoms with Crippen molar-refractivity contribution < 1.29 is 5.11 Å². The van der Waals surface area contributed by atoms with E-state index in [1.165, 1.54) is 5.56 Å². The van der Waals surface area contributed by atoms with E-state index in [0.717, 1.165) is 28.8 Å².